The maximum absolute atomic E-state index is 13.0. The Labute approximate surface area is 160 Å². The maximum atomic E-state index is 13.0. The van der Waals surface area contributed by atoms with Gasteiger partial charge in [-0.1, -0.05) is 0 Å². The number of hydrogen-bond donors (Lipinski definition) is 0. The van der Waals surface area contributed by atoms with Crippen LogP contribution < -0.4 is 4.90 Å². The van der Waals surface area contributed by atoms with E-state index in [0.29, 0.717) is 41.8 Å². The molecular weight excluding hydrogens is 402 g/mol. The Kier molecular flexibility index (Phi) is 4.58. The summed E-state index contributed by atoms with van der Waals surface area (Å²) in [4.78, 5) is 5.48. The molecule has 1 aliphatic heterocycles. The molecule has 0 aliphatic carbocycles. The Morgan fingerprint density at radius 3 is 2.28 bits per heavy atom. The summed E-state index contributed by atoms with van der Waals surface area (Å²) in [5.74, 6) is -1.01. The lowest BCUT2D eigenvalue weighted by atomic mass is 9.90. The first-order valence-corrected chi connectivity index (χ1v) is 8.69. The summed E-state index contributed by atoms with van der Waals surface area (Å²) in [6.07, 6.45) is -5.89. The van der Waals surface area contributed by atoms with E-state index >= 15 is 0 Å². The van der Waals surface area contributed by atoms with Crippen molar-refractivity contribution in [1.82, 2.24) is 24.8 Å². The molecule has 0 saturated carbocycles. The van der Waals surface area contributed by atoms with Crippen LogP contribution in [0, 0.1) is 0 Å². The topological polar surface area (TPSA) is 59.2 Å². The van der Waals surface area contributed by atoms with Crippen molar-refractivity contribution in [2.24, 2.45) is 0 Å². The monoisotopic (exact) mass is 416 g/mol. The number of halogens is 6. The van der Waals surface area contributed by atoms with E-state index in [1.54, 1.807) is 11.0 Å². The summed E-state index contributed by atoms with van der Waals surface area (Å²) >= 11 is 0. The lowest BCUT2D eigenvalue weighted by Gasteiger charge is -2.33. The summed E-state index contributed by atoms with van der Waals surface area (Å²) in [5, 5.41) is 10.6. The van der Waals surface area contributed by atoms with E-state index < -0.39 is 23.7 Å². The third-order valence-electron chi connectivity index (χ3n) is 4.88. The third-order valence-corrected chi connectivity index (χ3v) is 4.88. The van der Waals surface area contributed by atoms with E-state index in [4.69, 9.17) is 0 Å². The van der Waals surface area contributed by atoms with Crippen molar-refractivity contribution >= 4 is 11.5 Å². The van der Waals surface area contributed by atoms with E-state index in [-0.39, 0.29) is 11.6 Å². The molecule has 154 valence electrons. The molecule has 0 unspecified atom stereocenters. The van der Waals surface area contributed by atoms with Gasteiger partial charge >= 0.3 is 12.4 Å². The van der Waals surface area contributed by atoms with Crippen molar-refractivity contribution in [3.63, 3.8) is 0 Å². The molecule has 6 nitrogen and oxygen atoms in total. The highest BCUT2D eigenvalue weighted by Gasteiger charge is 2.38. The predicted molar refractivity (Wildman–Crippen MR) is 89.2 cm³/mol. The fraction of sp³-hybridized carbons (Fsp3) is 0.412. The Hall–Kier alpha value is -2.92. The molecule has 4 heterocycles. The quantitative estimate of drug-likeness (QED) is 0.593. The smallest absolute Gasteiger partial charge is 0.355 e. The zero-order valence-corrected chi connectivity index (χ0v) is 14.7. The average molecular weight is 416 g/mol. The van der Waals surface area contributed by atoms with Gasteiger partial charge in [0.2, 0.25) is 0 Å². The molecule has 1 saturated heterocycles. The van der Waals surface area contributed by atoms with E-state index in [9.17, 15) is 26.3 Å². The Morgan fingerprint density at radius 2 is 1.62 bits per heavy atom. The van der Waals surface area contributed by atoms with Crippen LogP contribution in [0.3, 0.4) is 0 Å². The molecule has 0 aromatic carbocycles. The standard InChI is InChI=1S/C17H14F6N6/c18-16(19,20)12-7-11(8-24-9-12)10-3-5-28(6-4-10)14-2-1-13-25-26-15(17(21,22)23)29(13)27-14/h1-2,7-10H,3-6H2. The van der Waals surface area contributed by atoms with Crippen LogP contribution >= 0.6 is 0 Å². The molecule has 0 N–H and O–H groups in total. The molecule has 29 heavy (non-hydrogen) atoms. The third kappa shape index (κ3) is 3.83. The number of hydrogen-bond acceptors (Lipinski definition) is 5. The molecule has 1 fully saturated rings. The second-order valence-corrected chi connectivity index (χ2v) is 6.75. The molecule has 0 atom stereocenters. The van der Waals surface area contributed by atoms with Gasteiger partial charge in [-0.15, -0.1) is 15.3 Å². The normalized spacial score (nSPS) is 16.6. The largest absolute Gasteiger partial charge is 0.453 e. The van der Waals surface area contributed by atoms with Crippen LogP contribution in [0.4, 0.5) is 32.2 Å². The summed E-state index contributed by atoms with van der Waals surface area (Å²) in [5.41, 5.74) is -0.316. The van der Waals surface area contributed by atoms with E-state index in [1.165, 1.54) is 12.3 Å². The lowest BCUT2D eigenvalue weighted by Crippen LogP contribution is -2.34. The van der Waals surface area contributed by atoms with Gasteiger partial charge in [0, 0.05) is 25.5 Å². The number of pyridine rings is 1. The second kappa shape index (κ2) is 6.85. The molecule has 3 aromatic heterocycles. The molecule has 0 spiro atoms. The maximum Gasteiger partial charge on any atom is 0.453 e. The first-order chi connectivity index (χ1) is 13.6. The van der Waals surface area contributed by atoms with Gasteiger partial charge in [-0.05, 0) is 42.5 Å². The highest BCUT2D eigenvalue weighted by atomic mass is 19.4. The minimum atomic E-state index is -4.69. The number of nitrogens with zero attached hydrogens (tertiary/aromatic N) is 6. The van der Waals surface area contributed by atoms with Crippen molar-refractivity contribution in [2.75, 3.05) is 18.0 Å². The van der Waals surface area contributed by atoms with Gasteiger partial charge in [-0.25, -0.2) is 0 Å². The predicted octanol–water partition coefficient (Wildman–Crippen LogP) is 3.94. The number of fused-ring (bicyclic) bond motifs is 1. The first kappa shape index (κ1) is 19.4. The Morgan fingerprint density at radius 1 is 0.897 bits per heavy atom. The number of rotatable bonds is 2. The van der Waals surface area contributed by atoms with Gasteiger partial charge in [0.25, 0.3) is 5.82 Å². The van der Waals surface area contributed by atoms with Gasteiger partial charge in [-0.3, -0.25) is 4.98 Å². The summed E-state index contributed by atoms with van der Waals surface area (Å²) < 4.78 is 78.4. The molecule has 4 rings (SSSR count). The minimum absolute atomic E-state index is 0.0222. The van der Waals surface area contributed by atoms with Gasteiger partial charge < -0.3 is 4.90 Å². The van der Waals surface area contributed by atoms with E-state index in [0.717, 1.165) is 12.3 Å². The lowest BCUT2D eigenvalue weighted by molar-refractivity contribution is -0.146. The molecule has 0 radical (unpaired) electrons. The fourth-order valence-electron chi connectivity index (χ4n) is 3.40. The Balaban J connectivity index is 1.52. The molecule has 0 amide bonds. The summed E-state index contributed by atoms with van der Waals surface area (Å²) in [6, 6.07) is 4.05. The summed E-state index contributed by atoms with van der Waals surface area (Å²) in [7, 11) is 0. The zero-order chi connectivity index (χ0) is 20.8. The van der Waals surface area contributed by atoms with Crippen molar-refractivity contribution < 1.29 is 26.3 Å². The average Bonchev–Trinajstić information content (AvgIpc) is 3.11. The van der Waals surface area contributed by atoms with Crippen LogP contribution in [0.15, 0.2) is 30.6 Å². The van der Waals surface area contributed by atoms with Crippen molar-refractivity contribution in [1.29, 1.82) is 0 Å². The number of piperidine rings is 1. The van der Waals surface area contributed by atoms with Crippen molar-refractivity contribution in [2.45, 2.75) is 31.1 Å². The molecule has 12 heteroatoms. The molecule has 1 aliphatic rings. The van der Waals surface area contributed by atoms with Crippen LogP contribution in [-0.4, -0.2) is 37.9 Å². The van der Waals surface area contributed by atoms with Gasteiger partial charge in [0.05, 0.1) is 5.56 Å². The summed E-state index contributed by atoms with van der Waals surface area (Å²) in [6.45, 7) is 0.867. The molecular formula is C17H14F6N6. The number of anilines is 1. The number of aromatic nitrogens is 5. The van der Waals surface area contributed by atoms with Gasteiger partial charge in [-0.2, -0.15) is 30.9 Å². The van der Waals surface area contributed by atoms with Crippen LogP contribution in [0.2, 0.25) is 0 Å². The number of alkyl halides is 6. The first-order valence-electron chi connectivity index (χ1n) is 8.69. The highest BCUT2D eigenvalue weighted by Crippen LogP contribution is 2.34. The fourth-order valence-corrected chi connectivity index (χ4v) is 3.40. The zero-order valence-electron chi connectivity index (χ0n) is 14.7. The van der Waals surface area contributed by atoms with Gasteiger partial charge in [0.1, 0.15) is 5.82 Å². The van der Waals surface area contributed by atoms with Crippen LogP contribution in [0.25, 0.3) is 5.65 Å². The van der Waals surface area contributed by atoms with E-state index in [1.807, 2.05) is 0 Å². The second-order valence-electron chi connectivity index (χ2n) is 6.75. The minimum Gasteiger partial charge on any atom is -0.355 e. The van der Waals surface area contributed by atoms with Crippen LogP contribution in [0.1, 0.15) is 35.7 Å². The molecule has 0 bridgehead atoms. The Bertz CT molecular complexity index is 1020. The van der Waals surface area contributed by atoms with Crippen molar-refractivity contribution in [3.8, 4) is 0 Å². The SMILES string of the molecule is FC(F)(F)c1cncc(C2CCN(c3ccc4nnc(C(F)(F)F)n4n3)CC2)c1. The van der Waals surface area contributed by atoms with E-state index in [2.05, 4.69) is 20.3 Å². The molecule has 3 aromatic rings. The van der Waals surface area contributed by atoms with Gasteiger partial charge in [0.15, 0.2) is 5.65 Å². The highest BCUT2D eigenvalue weighted by molar-refractivity contribution is 5.46. The van der Waals surface area contributed by atoms with Crippen LogP contribution in [0.5, 0.6) is 0 Å². The van der Waals surface area contributed by atoms with Crippen LogP contribution in [-0.2, 0) is 12.4 Å². The van der Waals surface area contributed by atoms with Crippen molar-refractivity contribution in [3.05, 3.63) is 47.5 Å².